The Kier molecular flexibility index (Phi) is 4.76. The number of pyridine rings is 1. The second-order valence-electron chi connectivity index (χ2n) is 5.83. The van der Waals surface area contributed by atoms with Crippen LogP contribution in [0.5, 0.6) is 5.88 Å². The zero-order chi connectivity index (χ0) is 18.0. The average molecular weight is 359 g/mol. The lowest BCUT2D eigenvalue weighted by Gasteiger charge is -2.22. The lowest BCUT2D eigenvalue weighted by Crippen LogP contribution is -2.27. The van der Waals surface area contributed by atoms with Crippen molar-refractivity contribution in [2.24, 2.45) is 4.99 Å². The van der Waals surface area contributed by atoms with Crippen molar-refractivity contribution < 1.29 is 13.9 Å². The van der Waals surface area contributed by atoms with Gasteiger partial charge >= 0.3 is 0 Å². The number of nitrogens with zero attached hydrogens (tertiary/aromatic N) is 2. The molecule has 130 valence electrons. The van der Waals surface area contributed by atoms with Crippen LogP contribution < -0.4 is 10.1 Å². The number of amidine groups is 1. The monoisotopic (exact) mass is 359 g/mol. The van der Waals surface area contributed by atoms with Gasteiger partial charge in [0.05, 0.1) is 13.2 Å². The van der Waals surface area contributed by atoms with Gasteiger partial charge < -0.3 is 10.1 Å². The molecule has 25 heavy (non-hydrogen) atoms. The second kappa shape index (κ2) is 6.84. The van der Waals surface area contributed by atoms with Crippen LogP contribution in [0.15, 0.2) is 47.6 Å². The fraction of sp³-hybridized carbons (Fsp3) is 0.278. The van der Waals surface area contributed by atoms with Crippen molar-refractivity contribution in [3.8, 4) is 5.88 Å². The Morgan fingerprint density at radius 1 is 1.32 bits per heavy atom. The molecule has 1 aromatic carbocycles. The van der Waals surface area contributed by atoms with Gasteiger partial charge in [0.2, 0.25) is 5.88 Å². The van der Waals surface area contributed by atoms with Crippen molar-refractivity contribution in [1.29, 1.82) is 0 Å². The number of thioether (sulfide) groups is 1. The third kappa shape index (κ3) is 3.37. The minimum absolute atomic E-state index is 0.269. The molecule has 2 aromatic rings. The first kappa shape index (κ1) is 17.4. The Balaban J connectivity index is 1.79. The summed E-state index contributed by atoms with van der Waals surface area (Å²) in [6.07, 6.45) is 1.60. The van der Waals surface area contributed by atoms with Crippen molar-refractivity contribution in [2.45, 2.75) is 24.6 Å². The number of hydrogen-bond donors (Lipinski definition) is 1. The minimum atomic E-state index is -0.868. The number of aromatic nitrogens is 1. The van der Waals surface area contributed by atoms with Crippen molar-refractivity contribution >= 4 is 22.8 Å². The number of ether oxygens (including phenoxy) is 1. The van der Waals surface area contributed by atoms with Crippen molar-refractivity contribution in [3.63, 3.8) is 0 Å². The highest BCUT2D eigenvalue weighted by Gasteiger charge is 2.43. The van der Waals surface area contributed by atoms with Crippen LogP contribution in [-0.2, 0) is 9.54 Å². The van der Waals surface area contributed by atoms with E-state index in [-0.39, 0.29) is 17.8 Å². The van der Waals surface area contributed by atoms with E-state index < -0.39 is 4.75 Å². The quantitative estimate of drug-likeness (QED) is 0.906. The van der Waals surface area contributed by atoms with Crippen molar-refractivity contribution in [2.75, 3.05) is 7.11 Å². The van der Waals surface area contributed by atoms with Crippen LogP contribution in [0.4, 0.5) is 4.39 Å². The molecular weight excluding hydrogens is 341 g/mol. The zero-order valence-electron chi connectivity index (χ0n) is 14.1. The van der Waals surface area contributed by atoms with Gasteiger partial charge in [0, 0.05) is 17.8 Å². The number of benzene rings is 1. The molecule has 0 saturated heterocycles. The molecule has 1 aliphatic heterocycles. The van der Waals surface area contributed by atoms with E-state index in [0.717, 1.165) is 5.56 Å². The first-order valence-corrected chi connectivity index (χ1v) is 8.59. The molecule has 3 rings (SSSR count). The molecule has 1 amide bonds. The number of amides is 1. The molecule has 0 saturated carbocycles. The number of carbonyl (C=O) groups excluding carboxylic acids is 1. The van der Waals surface area contributed by atoms with E-state index in [1.54, 1.807) is 43.5 Å². The summed E-state index contributed by atoms with van der Waals surface area (Å²) in [4.78, 5) is 20.7. The highest BCUT2D eigenvalue weighted by Crippen LogP contribution is 2.43. The molecule has 0 fully saturated rings. The van der Waals surface area contributed by atoms with Crippen LogP contribution in [0.2, 0.25) is 0 Å². The maximum atomic E-state index is 13.9. The normalized spacial score (nSPS) is 21.0. The fourth-order valence-electron chi connectivity index (χ4n) is 2.61. The number of carbonyl (C=O) groups is 1. The molecule has 1 aliphatic rings. The Hall–Kier alpha value is -2.41. The predicted molar refractivity (Wildman–Crippen MR) is 96.1 cm³/mol. The van der Waals surface area contributed by atoms with Gasteiger partial charge in [0.1, 0.15) is 10.6 Å². The number of nitrogens with one attached hydrogen (secondary N) is 1. The number of methoxy groups -OCH3 is 1. The van der Waals surface area contributed by atoms with Gasteiger partial charge in [-0.05, 0) is 31.5 Å². The van der Waals surface area contributed by atoms with Crippen LogP contribution in [0.1, 0.15) is 31.0 Å². The molecular formula is C18H18FN3O2S. The Morgan fingerprint density at radius 3 is 2.80 bits per heavy atom. The molecule has 2 atom stereocenters. The van der Waals surface area contributed by atoms with Crippen LogP contribution in [0.3, 0.4) is 0 Å². The first-order chi connectivity index (χ1) is 11.9. The Bertz CT molecular complexity index is 843. The van der Waals surface area contributed by atoms with Crippen LogP contribution >= 0.6 is 11.8 Å². The Labute approximate surface area is 149 Å². The topological polar surface area (TPSA) is 63.6 Å². The lowest BCUT2D eigenvalue weighted by molar-refractivity contribution is -0.119. The molecule has 0 radical (unpaired) electrons. The fourth-order valence-corrected chi connectivity index (χ4v) is 3.74. The van der Waals surface area contributed by atoms with Gasteiger partial charge in [-0.15, -0.1) is 0 Å². The Morgan fingerprint density at radius 2 is 2.08 bits per heavy atom. The summed E-state index contributed by atoms with van der Waals surface area (Å²) >= 11 is 1.31. The first-order valence-electron chi connectivity index (χ1n) is 7.77. The summed E-state index contributed by atoms with van der Waals surface area (Å²) in [5.41, 5.74) is 1.28. The van der Waals surface area contributed by atoms with Crippen LogP contribution in [-0.4, -0.2) is 23.2 Å². The molecule has 1 unspecified atom stereocenters. The number of aliphatic imine (C=N–C) groups is 1. The van der Waals surface area contributed by atoms with Crippen LogP contribution in [0, 0.1) is 5.82 Å². The summed E-state index contributed by atoms with van der Waals surface area (Å²) in [6, 6.07) is 9.73. The highest BCUT2D eigenvalue weighted by atomic mass is 32.2. The van der Waals surface area contributed by atoms with E-state index in [4.69, 9.17) is 4.74 Å². The predicted octanol–water partition coefficient (Wildman–Crippen LogP) is 3.42. The lowest BCUT2D eigenvalue weighted by atomic mass is 10.0. The van der Waals surface area contributed by atoms with Crippen molar-refractivity contribution in [1.82, 2.24) is 10.3 Å². The molecule has 0 aliphatic carbocycles. The van der Waals surface area contributed by atoms with Gasteiger partial charge in [0.25, 0.3) is 5.91 Å². The van der Waals surface area contributed by atoms with E-state index in [0.29, 0.717) is 16.6 Å². The number of halogens is 1. The third-order valence-electron chi connectivity index (χ3n) is 4.12. The highest BCUT2D eigenvalue weighted by molar-refractivity contribution is 8.15. The summed E-state index contributed by atoms with van der Waals surface area (Å²) in [7, 11) is 1.53. The van der Waals surface area contributed by atoms with E-state index in [2.05, 4.69) is 15.3 Å². The van der Waals surface area contributed by atoms with Gasteiger partial charge in [-0.1, -0.05) is 30.0 Å². The SMILES string of the molecule is COc1cc(C2(C)SC(N[C@@H](C)c3ccccc3F)=NC2=O)ccn1. The molecule has 0 spiro atoms. The van der Waals surface area contributed by atoms with E-state index in [1.165, 1.54) is 24.9 Å². The number of rotatable bonds is 4. The zero-order valence-corrected chi connectivity index (χ0v) is 14.9. The number of hydrogen-bond acceptors (Lipinski definition) is 5. The summed E-state index contributed by atoms with van der Waals surface area (Å²) in [5, 5.41) is 3.60. The van der Waals surface area contributed by atoms with Gasteiger partial charge in [-0.2, -0.15) is 4.99 Å². The molecule has 7 heteroatoms. The standard InChI is InChI=1S/C18H18FN3O2S/c1-11(13-6-4-5-7-14(13)19)21-17-22-16(23)18(2,25-17)12-8-9-20-15(10-12)24-3/h4-11H,1-3H3,(H,21,22,23)/t11-,18?/m0/s1. The van der Waals surface area contributed by atoms with E-state index >= 15 is 0 Å². The molecule has 1 aromatic heterocycles. The smallest absolute Gasteiger partial charge is 0.269 e. The van der Waals surface area contributed by atoms with Gasteiger partial charge in [-0.3, -0.25) is 4.79 Å². The van der Waals surface area contributed by atoms with Crippen LogP contribution in [0.25, 0.3) is 0 Å². The van der Waals surface area contributed by atoms with Crippen molar-refractivity contribution in [3.05, 3.63) is 59.5 Å². The molecule has 1 N–H and O–H groups in total. The minimum Gasteiger partial charge on any atom is -0.481 e. The van der Waals surface area contributed by atoms with E-state index in [1.807, 2.05) is 6.92 Å². The second-order valence-corrected chi connectivity index (χ2v) is 7.24. The third-order valence-corrected chi connectivity index (χ3v) is 5.34. The summed E-state index contributed by atoms with van der Waals surface area (Å²) in [6.45, 7) is 3.64. The van der Waals surface area contributed by atoms with E-state index in [9.17, 15) is 9.18 Å². The summed E-state index contributed by atoms with van der Waals surface area (Å²) < 4.78 is 18.2. The summed E-state index contributed by atoms with van der Waals surface area (Å²) in [5.74, 6) is -0.124. The maximum absolute atomic E-state index is 13.9. The average Bonchev–Trinajstić information content (AvgIpc) is 2.90. The van der Waals surface area contributed by atoms with Gasteiger partial charge in [0.15, 0.2) is 5.17 Å². The molecule has 0 bridgehead atoms. The maximum Gasteiger partial charge on any atom is 0.269 e. The molecule has 5 nitrogen and oxygen atoms in total. The largest absolute Gasteiger partial charge is 0.481 e. The molecule has 2 heterocycles. The van der Waals surface area contributed by atoms with Gasteiger partial charge in [-0.25, -0.2) is 9.37 Å².